The van der Waals surface area contributed by atoms with Crippen LogP contribution in [0.1, 0.15) is 43.7 Å². The molecule has 0 aliphatic carbocycles. The highest BCUT2D eigenvalue weighted by Crippen LogP contribution is 2.44. The molecule has 2 aromatic carbocycles. The van der Waals surface area contributed by atoms with Crippen molar-refractivity contribution in [2.75, 3.05) is 31.6 Å². The largest absolute Gasteiger partial charge is 0.314 e. The molecule has 0 spiro atoms. The Bertz CT molecular complexity index is 817. The van der Waals surface area contributed by atoms with Crippen LogP contribution in [0.4, 0.5) is 5.69 Å². The summed E-state index contributed by atoms with van der Waals surface area (Å²) >= 11 is 0. The van der Waals surface area contributed by atoms with E-state index in [1.807, 2.05) is 18.0 Å². The summed E-state index contributed by atoms with van der Waals surface area (Å²) in [6.07, 6.45) is 5.77. The van der Waals surface area contributed by atoms with Gasteiger partial charge in [-0.25, -0.2) is 0 Å². The lowest BCUT2D eigenvalue weighted by Gasteiger charge is -2.33. The molecule has 0 bridgehead atoms. The second kappa shape index (κ2) is 9.44. The predicted octanol–water partition coefficient (Wildman–Crippen LogP) is 5.23. The highest BCUT2D eigenvalue weighted by molar-refractivity contribution is 8.93. The van der Waals surface area contributed by atoms with Crippen molar-refractivity contribution in [1.29, 1.82) is 0 Å². The molecule has 0 saturated carbocycles. The average Bonchev–Trinajstić information content (AvgIpc) is 2.94. The van der Waals surface area contributed by atoms with Gasteiger partial charge in [-0.05, 0) is 75.2 Å². The Morgan fingerprint density at radius 2 is 1.66 bits per heavy atom. The summed E-state index contributed by atoms with van der Waals surface area (Å²) in [4.78, 5) is 17.4. The number of likely N-dealkylation sites (tertiary alicyclic amines) is 1. The Labute approximate surface area is 185 Å². The normalized spacial score (nSPS) is 22.4. The van der Waals surface area contributed by atoms with E-state index in [1.54, 1.807) is 0 Å². The first-order valence-corrected chi connectivity index (χ1v) is 10.7. The summed E-state index contributed by atoms with van der Waals surface area (Å²) in [5, 5.41) is 0. The Morgan fingerprint density at radius 1 is 1.00 bits per heavy atom. The third kappa shape index (κ3) is 4.59. The highest BCUT2D eigenvalue weighted by Gasteiger charge is 2.45. The molecule has 0 radical (unpaired) electrons. The van der Waals surface area contributed by atoms with E-state index in [1.165, 1.54) is 37.1 Å². The third-order valence-corrected chi connectivity index (χ3v) is 6.96. The Hall–Kier alpha value is -1.65. The standard InChI is InChI=1S/C25H32N2O.BrH/c1-25(22-10-6-7-11-23(22)26(2)24(25)28)16-12-21-14-18-27(19-15-21)17-13-20-8-4-3-5-9-20;/h3-11,21H,12-19H2,1-2H3;1H. The van der Waals surface area contributed by atoms with Gasteiger partial charge in [-0.3, -0.25) is 4.79 Å². The van der Waals surface area contributed by atoms with E-state index in [0.29, 0.717) is 0 Å². The molecule has 1 saturated heterocycles. The fourth-order valence-electron chi connectivity index (χ4n) is 4.99. The quantitative estimate of drug-likeness (QED) is 0.593. The first-order valence-electron chi connectivity index (χ1n) is 10.7. The molecule has 1 atom stereocenters. The van der Waals surface area contributed by atoms with Crippen LogP contribution in [-0.2, 0) is 16.6 Å². The van der Waals surface area contributed by atoms with Crippen LogP contribution in [0.25, 0.3) is 0 Å². The zero-order chi connectivity index (χ0) is 19.6. The lowest BCUT2D eigenvalue weighted by Crippen LogP contribution is -2.38. The van der Waals surface area contributed by atoms with Gasteiger partial charge in [0.05, 0.1) is 5.41 Å². The van der Waals surface area contributed by atoms with E-state index in [-0.39, 0.29) is 28.3 Å². The minimum Gasteiger partial charge on any atom is -0.314 e. The van der Waals surface area contributed by atoms with Gasteiger partial charge in [-0.2, -0.15) is 0 Å². The first-order chi connectivity index (χ1) is 13.6. The average molecular weight is 457 g/mol. The SMILES string of the molecule is Br.CN1C(=O)C(C)(CCC2CCN(CCc3ccccc3)CC2)c2ccccc21. The van der Waals surface area contributed by atoms with E-state index in [9.17, 15) is 4.79 Å². The van der Waals surface area contributed by atoms with Crippen LogP contribution in [0, 0.1) is 5.92 Å². The molecule has 1 amide bonds. The van der Waals surface area contributed by atoms with Crippen LogP contribution in [0.5, 0.6) is 0 Å². The molecule has 2 aliphatic heterocycles. The van der Waals surface area contributed by atoms with Crippen molar-refractivity contribution in [3.63, 3.8) is 0 Å². The zero-order valence-electron chi connectivity index (χ0n) is 17.6. The second-order valence-corrected chi connectivity index (χ2v) is 8.77. The van der Waals surface area contributed by atoms with Gasteiger partial charge in [0.15, 0.2) is 0 Å². The molecule has 156 valence electrons. The van der Waals surface area contributed by atoms with Gasteiger partial charge < -0.3 is 9.80 Å². The number of carbonyl (C=O) groups is 1. The Morgan fingerprint density at radius 3 is 2.38 bits per heavy atom. The third-order valence-electron chi connectivity index (χ3n) is 6.96. The van der Waals surface area contributed by atoms with Crippen molar-refractivity contribution in [1.82, 2.24) is 4.90 Å². The summed E-state index contributed by atoms with van der Waals surface area (Å²) in [5.74, 6) is 1.00. The molecule has 0 N–H and O–H groups in total. The van der Waals surface area contributed by atoms with Gasteiger partial charge in [0.2, 0.25) is 5.91 Å². The summed E-state index contributed by atoms with van der Waals surface area (Å²) < 4.78 is 0. The topological polar surface area (TPSA) is 23.6 Å². The van der Waals surface area contributed by atoms with Crippen LogP contribution < -0.4 is 4.90 Å². The fourth-order valence-corrected chi connectivity index (χ4v) is 4.99. The van der Waals surface area contributed by atoms with Crippen LogP contribution in [-0.4, -0.2) is 37.5 Å². The lowest BCUT2D eigenvalue weighted by molar-refractivity contribution is -0.122. The van der Waals surface area contributed by atoms with Crippen molar-refractivity contribution in [3.05, 3.63) is 65.7 Å². The lowest BCUT2D eigenvalue weighted by atomic mass is 9.76. The second-order valence-electron chi connectivity index (χ2n) is 8.77. The number of hydrogen-bond acceptors (Lipinski definition) is 2. The van der Waals surface area contributed by atoms with Crippen LogP contribution in [0.2, 0.25) is 0 Å². The molecule has 4 heteroatoms. The van der Waals surface area contributed by atoms with E-state index in [2.05, 4.69) is 60.4 Å². The van der Waals surface area contributed by atoms with Gasteiger partial charge >= 0.3 is 0 Å². The molecule has 4 rings (SSSR count). The predicted molar refractivity (Wildman–Crippen MR) is 126 cm³/mol. The van der Waals surface area contributed by atoms with Crippen molar-refractivity contribution in [2.24, 2.45) is 5.92 Å². The number of halogens is 1. The number of nitrogens with zero attached hydrogens (tertiary/aromatic N) is 2. The number of piperidine rings is 1. The zero-order valence-corrected chi connectivity index (χ0v) is 19.4. The smallest absolute Gasteiger partial charge is 0.237 e. The maximum atomic E-state index is 12.9. The van der Waals surface area contributed by atoms with Gasteiger partial charge in [-0.1, -0.05) is 48.5 Å². The molecule has 2 aliphatic rings. The number of anilines is 1. The number of benzene rings is 2. The summed E-state index contributed by atoms with van der Waals surface area (Å²) in [6.45, 7) is 5.69. The van der Waals surface area contributed by atoms with Crippen LogP contribution >= 0.6 is 17.0 Å². The molecule has 2 aromatic rings. The number of carbonyl (C=O) groups excluding carboxylic acids is 1. The molecule has 1 fully saturated rings. The first kappa shape index (κ1) is 22.0. The number of fused-ring (bicyclic) bond motifs is 1. The fraction of sp³-hybridized carbons (Fsp3) is 0.480. The maximum Gasteiger partial charge on any atom is 0.237 e. The number of para-hydroxylation sites is 1. The van der Waals surface area contributed by atoms with Crippen molar-refractivity contribution in [2.45, 2.75) is 44.4 Å². The van der Waals surface area contributed by atoms with Crippen molar-refractivity contribution in [3.8, 4) is 0 Å². The molecule has 0 aromatic heterocycles. The number of hydrogen-bond donors (Lipinski definition) is 0. The number of amides is 1. The summed E-state index contributed by atoms with van der Waals surface area (Å²) in [5.41, 5.74) is 3.38. The number of likely N-dealkylation sites (N-methyl/N-ethyl adjacent to an activating group) is 1. The minimum atomic E-state index is -0.351. The molecule has 29 heavy (non-hydrogen) atoms. The molecule has 2 heterocycles. The highest BCUT2D eigenvalue weighted by atomic mass is 79.9. The van der Waals surface area contributed by atoms with Gasteiger partial charge in [0.25, 0.3) is 0 Å². The number of rotatable bonds is 6. The molecule has 3 nitrogen and oxygen atoms in total. The van der Waals surface area contributed by atoms with Gasteiger partial charge in [0.1, 0.15) is 0 Å². The summed E-state index contributed by atoms with van der Waals surface area (Å²) in [7, 11) is 1.91. The Balaban J connectivity index is 0.00000240. The maximum absolute atomic E-state index is 12.9. The monoisotopic (exact) mass is 456 g/mol. The minimum absolute atomic E-state index is 0. The van der Waals surface area contributed by atoms with Crippen molar-refractivity contribution >= 4 is 28.6 Å². The van der Waals surface area contributed by atoms with Crippen molar-refractivity contribution < 1.29 is 4.79 Å². The van der Waals surface area contributed by atoms with Gasteiger partial charge in [-0.15, -0.1) is 17.0 Å². The van der Waals surface area contributed by atoms with E-state index >= 15 is 0 Å². The molecule has 1 unspecified atom stereocenters. The Kier molecular flexibility index (Phi) is 7.18. The molecular weight excluding hydrogens is 424 g/mol. The summed E-state index contributed by atoms with van der Waals surface area (Å²) in [6, 6.07) is 19.1. The van der Waals surface area contributed by atoms with Gasteiger partial charge in [0, 0.05) is 19.3 Å². The van der Waals surface area contributed by atoms with E-state index in [4.69, 9.17) is 0 Å². The van der Waals surface area contributed by atoms with Crippen LogP contribution in [0.3, 0.4) is 0 Å². The van der Waals surface area contributed by atoms with Crippen LogP contribution in [0.15, 0.2) is 54.6 Å². The van der Waals surface area contributed by atoms with E-state index in [0.717, 1.165) is 37.4 Å². The molecular formula is C25H33BrN2O. The van der Waals surface area contributed by atoms with E-state index < -0.39 is 0 Å².